The van der Waals surface area contributed by atoms with Crippen LogP contribution in [-0.4, -0.2) is 36.0 Å². The van der Waals surface area contributed by atoms with Crippen molar-refractivity contribution in [2.24, 2.45) is 0 Å². The van der Waals surface area contributed by atoms with Gasteiger partial charge in [0.05, 0.1) is 12.0 Å². The molecule has 0 spiro atoms. The summed E-state index contributed by atoms with van der Waals surface area (Å²) in [5, 5.41) is 2.77. The van der Waals surface area contributed by atoms with Gasteiger partial charge in [0.2, 0.25) is 12.0 Å². The van der Waals surface area contributed by atoms with Crippen LogP contribution in [0.2, 0.25) is 0 Å². The van der Waals surface area contributed by atoms with Gasteiger partial charge in [-0.25, -0.2) is 4.39 Å². The number of fused-ring (bicyclic) bond motifs is 2. The molecule has 1 atom stereocenters. The van der Waals surface area contributed by atoms with E-state index in [2.05, 4.69) is 5.32 Å². The molecular weight excluding hydrogens is 492 g/mol. The molecule has 0 fully saturated rings. The second kappa shape index (κ2) is 9.76. The van der Waals surface area contributed by atoms with Crippen molar-refractivity contribution in [1.29, 1.82) is 0 Å². The molecular formula is C27H22F4N2O4. The zero-order valence-electron chi connectivity index (χ0n) is 19.5. The second-order valence-corrected chi connectivity index (χ2v) is 8.85. The highest BCUT2D eigenvalue weighted by atomic mass is 19.4. The van der Waals surface area contributed by atoms with Gasteiger partial charge in [-0.1, -0.05) is 30.3 Å². The fraction of sp³-hybridized carbons (Fsp3) is 0.259. The molecule has 192 valence electrons. The Morgan fingerprint density at radius 1 is 1.03 bits per heavy atom. The first kappa shape index (κ1) is 24.6. The van der Waals surface area contributed by atoms with Crippen molar-refractivity contribution in [3.63, 3.8) is 0 Å². The van der Waals surface area contributed by atoms with Gasteiger partial charge >= 0.3 is 6.18 Å². The highest BCUT2D eigenvalue weighted by Gasteiger charge is 2.35. The number of alkyl halides is 3. The number of nitrogens with zero attached hydrogens (tertiary/aromatic N) is 1. The normalized spacial score (nSPS) is 16.6. The minimum Gasteiger partial charge on any atom is -0.485 e. The highest BCUT2D eigenvalue weighted by molar-refractivity contribution is 5.93. The molecule has 37 heavy (non-hydrogen) atoms. The van der Waals surface area contributed by atoms with E-state index in [1.54, 1.807) is 35.2 Å². The van der Waals surface area contributed by atoms with Crippen LogP contribution in [0.15, 0.2) is 60.7 Å². The van der Waals surface area contributed by atoms with Crippen LogP contribution < -0.4 is 14.8 Å². The van der Waals surface area contributed by atoms with Crippen molar-refractivity contribution in [3.05, 3.63) is 88.7 Å². The lowest BCUT2D eigenvalue weighted by atomic mass is 9.97. The van der Waals surface area contributed by atoms with Crippen molar-refractivity contribution < 1.29 is 36.6 Å². The summed E-state index contributed by atoms with van der Waals surface area (Å²) in [5.41, 5.74) is 1.02. The van der Waals surface area contributed by atoms with Crippen LogP contribution in [-0.2, 0) is 35.2 Å². The Morgan fingerprint density at radius 2 is 1.81 bits per heavy atom. The molecule has 2 aliphatic rings. The number of hydrogen-bond acceptors (Lipinski definition) is 4. The fourth-order valence-electron chi connectivity index (χ4n) is 4.54. The summed E-state index contributed by atoms with van der Waals surface area (Å²) in [4.78, 5) is 27.4. The first-order valence-electron chi connectivity index (χ1n) is 11.6. The monoisotopic (exact) mass is 514 g/mol. The number of ether oxygens (including phenoxy) is 2. The third-order valence-electron chi connectivity index (χ3n) is 6.34. The maximum atomic E-state index is 13.9. The predicted molar refractivity (Wildman–Crippen MR) is 126 cm³/mol. The number of para-hydroxylation sites is 2. The molecule has 0 radical (unpaired) electrons. The van der Waals surface area contributed by atoms with Crippen LogP contribution >= 0.6 is 0 Å². The van der Waals surface area contributed by atoms with E-state index in [0.29, 0.717) is 42.8 Å². The third-order valence-corrected chi connectivity index (χ3v) is 6.34. The van der Waals surface area contributed by atoms with Gasteiger partial charge in [-0.15, -0.1) is 0 Å². The van der Waals surface area contributed by atoms with Crippen molar-refractivity contribution in [1.82, 2.24) is 4.90 Å². The Balaban J connectivity index is 1.24. The Labute approximate surface area is 209 Å². The average Bonchev–Trinajstić information content (AvgIpc) is 2.87. The van der Waals surface area contributed by atoms with E-state index < -0.39 is 29.6 Å². The summed E-state index contributed by atoms with van der Waals surface area (Å²) in [7, 11) is 0. The minimum atomic E-state index is -4.80. The van der Waals surface area contributed by atoms with Crippen molar-refractivity contribution in [2.75, 3.05) is 18.5 Å². The number of hydrogen-bond donors (Lipinski definition) is 1. The number of carbonyl (C=O) groups excluding carboxylic acids is 2. The Bertz CT molecular complexity index is 1360. The zero-order chi connectivity index (χ0) is 26.2. The quantitative estimate of drug-likeness (QED) is 0.511. The lowest BCUT2D eigenvalue weighted by Crippen LogP contribution is -2.48. The molecule has 2 aliphatic heterocycles. The topological polar surface area (TPSA) is 67.9 Å². The number of rotatable bonds is 4. The summed E-state index contributed by atoms with van der Waals surface area (Å²) in [6.07, 6.45) is -5.37. The molecule has 0 aliphatic carbocycles. The average molecular weight is 514 g/mol. The molecule has 0 aromatic heterocycles. The van der Waals surface area contributed by atoms with Crippen LogP contribution in [0, 0.1) is 5.82 Å². The van der Waals surface area contributed by atoms with E-state index in [-0.39, 0.29) is 24.5 Å². The van der Waals surface area contributed by atoms with Crippen LogP contribution in [0.1, 0.15) is 22.3 Å². The van der Waals surface area contributed by atoms with E-state index in [0.717, 1.165) is 23.3 Å². The summed E-state index contributed by atoms with van der Waals surface area (Å²) >= 11 is 0. The molecule has 2 amide bonds. The number of anilines is 1. The maximum absolute atomic E-state index is 13.9. The standard InChI is InChI=1S/C27H22F4N2O4/c28-20-12-16(8-9-19(20)27(29,30)31)13-25(34)32-21-5-3-4-17-14-33(11-10-18(17)21)26(35)24-15-36-22-6-1-2-7-23(22)37-24/h1-9,12,24H,10-11,13-15H2,(H,32,34). The van der Waals surface area contributed by atoms with Gasteiger partial charge in [0.15, 0.2) is 11.5 Å². The molecule has 3 aromatic rings. The number of amides is 2. The van der Waals surface area contributed by atoms with Gasteiger partial charge in [-0.05, 0) is 53.4 Å². The summed E-state index contributed by atoms with van der Waals surface area (Å²) < 4.78 is 63.7. The van der Waals surface area contributed by atoms with Gasteiger partial charge in [-0.2, -0.15) is 13.2 Å². The Morgan fingerprint density at radius 3 is 2.57 bits per heavy atom. The summed E-state index contributed by atoms with van der Waals surface area (Å²) in [6, 6.07) is 14.9. The second-order valence-electron chi connectivity index (χ2n) is 8.85. The van der Waals surface area contributed by atoms with Crippen LogP contribution in [0.5, 0.6) is 11.5 Å². The number of carbonyl (C=O) groups is 2. The largest absolute Gasteiger partial charge is 0.485 e. The molecule has 0 saturated heterocycles. The first-order chi connectivity index (χ1) is 17.7. The predicted octanol–water partition coefficient (Wildman–Crippen LogP) is 4.75. The molecule has 0 bridgehead atoms. The number of halogens is 4. The molecule has 6 nitrogen and oxygen atoms in total. The Hall–Kier alpha value is -4.08. The van der Waals surface area contributed by atoms with Gasteiger partial charge in [0.25, 0.3) is 5.91 Å². The minimum absolute atomic E-state index is 0.111. The molecule has 5 rings (SSSR count). The van der Waals surface area contributed by atoms with Crippen LogP contribution in [0.4, 0.5) is 23.2 Å². The smallest absolute Gasteiger partial charge is 0.419 e. The van der Waals surface area contributed by atoms with Crippen LogP contribution in [0.3, 0.4) is 0 Å². The first-order valence-corrected chi connectivity index (χ1v) is 11.6. The summed E-state index contributed by atoms with van der Waals surface area (Å²) in [6.45, 7) is 0.841. The molecule has 1 N–H and O–H groups in total. The lowest BCUT2D eigenvalue weighted by molar-refractivity contribution is -0.142. The Kier molecular flexibility index (Phi) is 6.49. The summed E-state index contributed by atoms with van der Waals surface area (Å²) in [5.74, 6) is -0.996. The molecule has 2 heterocycles. The zero-order valence-corrected chi connectivity index (χ0v) is 19.5. The molecule has 10 heteroatoms. The fourth-order valence-corrected chi connectivity index (χ4v) is 4.54. The van der Waals surface area contributed by atoms with Crippen molar-refractivity contribution in [3.8, 4) is 11.5 Å². The lowest BCUT2D eigenvalue weighted by Gasteiger charge is -2.34. The van der Waals surface area contributed by atoms with Gasteiger partial charge in [-0.3, -0.25) is 9.59 Å². The maximum Gasteiger partial charge on any atom is 0.419 e. The van der Waals surface area contributed by atoms with Crippen molar-refractivity contribution in [2.45, 2.75) is 31.7 Å². The SMILES string of the molecule is O=C(Cc1ccc(C(F)(F)F)c(F)c1)Nc1cccc2c1CCN(C(=O)C1COc3ccccc3O1)C2. The molecule has 1 unspecified atom stereocenters. The number of benzene rings is 3. The molecule has 3 aromatic carbocycles. The number of nitrogens with one attached hydrogen (secondary N) is 1. The van der Waals surface area contributed by atoms with Gasteiger partial charge in [0, 0.05) is 18.8 Å². The van der Waals surface area contributed by atoms with E-state index in [1.807, 2.05) is 12.1 Å². The highest BCUT2D eigenvalue weighted by Crippen LogP contribution is 2.33. The van der Waals surface area contributed by atoms with Gasteiger partial charge < -0.3 is 19.7 Å². The van der Waals surface area contributed by atoms with E-state index in [1.165, 1.54) is 0 Å². The van der Waals surface area contributed by atoms with E-state index in [4.69, 9.17) is 9.47 Å². The van der Waals surface area contributed by atoms with Gasteiger partial charge in [0.1, 0.15) is 12.4 Å². The van der Waals surface area contributed by atoms with E-state index in [9.17, 15) is 27.2 Å². The van der Waals surface area contributed by atoms with Crippen molar-refractivity contribution >= 4 is 17.5 Å². The van der Waals surface area contributed by atoms with E-state index >= 15 is 0 Å². The third kappa shape index (κ3) is 5.23. The molecule has 0 saturated carbocycles. The van der Waals surface area contributed by atoms with Crippen LogP contribution in [0.25, 0.3) is 0 Å².